The molecule has 0 unspecified atom stereocenters. The lowest BCUT2D eigenvalue weighted by molar-refractivity contribution is -0.385. The monoisotopic (exact) mass is 305 g/mol. The number of nitrogens with zero attached hydrogens (tertiary/aromatic N) is 5. The molecule has 0 aliphatic heterocycles. The summed E-state index contributed by atoms with van der Waals surface area (Å²) in [5.74, 6) is 0.616. The highest BCUT2D eigenvalue weighted by atomic mass is 16.6. The first-order chi connectivity index (χ1) is 10.7. The summed E-state index contributed by atoms with van der Waals surface area (Å²) >= 11 is 0. The summed E-state index contributed by atoms with van der Waals surface area (Å²) < 4.78 is 12.2. The van der Waals surface area contributed by atoms with Gasteiger partial charge in [-0.15, -0.1) is 10.2 Å². The first kappa shape index (κ1) is 15.4. The molecule has 116 valence electrons. The van der Waals surface area contributed by atoms with Crippen LogP contribution in [-0.2, 0) is 0 Å². The van der Waals surface area contributed by atoms with Gasteiger partial charge in [-0.3, -0.25) is 10.1 Å². The quantitative estimate of drug-likeness (QED) is 0.439. The SMILES string of the molecule is CCOc1cc(OCC)c([N+](=O)[O-])cc1/C=N\n1cnnc1. The van der Waals surface area contributed by atoms with E-state index >= 15 is 0 Å². The molecule has 9 heteroatoms. The zero-order valence-corrected chi connectivity index (χ0v) is 12.2. The molecule has 0 spiro atoms. The molecule has 0 fully saturated rings. The molecule has 0 saturated heterocycles. The van der Waals surface area contributed by atoms with Gasteiger partial charge in [0.15, 0.2) is 0 Å². The normalized spacial score (nSPS) is 10.8. The van der Waals surface area contributed by atoms with Crippen molar-refractivity contribution in [2.24, 2.45) is 5.10 Å². The van der Waals surface area contributed by atoms with Crippen LogP contribution < -0.4 is 9.47 Å². The lowest BCUT2D eigenvalue weighted by atomic mass is 10.1. The third kappa shape index (κ3) is 3.57. The molecule has 0 saturated carbocycles. The summed E-state index contributed by atoms with van der Waals surface area (Å²) in [6.07, 6.45) is 4.25. The van der Waals surface area contributed by atoms with Gasteiger partial charge in [0.25, 0.3) is 0 Å². The molecular weight excluding hydrogens is 290 g/mol. The van der Waals surface area contributed by atoms with E-state index in [2.05, 4.69) is 15.3 Å². The Morgan fingerprint density at radius 1 is 1.23 bits per heavy atom. The number of nitro benzene ring substituents is 1. The van der Waals surface area contributed by atoms with Crippen molar-refractivity contribution >= 4 is 11.9 Å². The number of aromatic nitrogens is 3. The Morgan fingerprint density at radius 3 is 2.45 bits per heavy atom. The van der Waals surface area contributed by atoms with Gasteiger partial charge in [-0.05, 0) is 13.8 Å². The van der Waals surface area contributed by atoms with Crippen molar-refractivity contribution < 1.29 is 14.4 Å². The molecule has 0 aliphatic carbocycles. The Kier molecular flexibility index (Phi) is 5.02. The fraction of sp³-hybridized carbons (Fsp3) is 0.308. The van der Waals surface area contributed by atoms with Gasteiger partial charge in [-0.1, -0.05) is 0 Å². The summed E-state index contributed by atoms with van der Waals surface area (Å²) in [5.41, 5.74) is 0.321. The minimum atomic E-state index is -0.503. The Morgan fingerprint density at radius 2 is 1.86 bits per heavy atom. The first-order valence-corrected chi connectivity index (χ1v) is 6.62. The van der Waals surface area contributed by atoms with Gasteiger partial charge in [0.2, 0.25) is 5.75 Å². The smallest absolute Gasteiger partial charge is 0.311 e. The summed E-state index contributed by atoms with van der Waals surface area (Å²) in [6.45, 7) is 4.31. The van der Waals surface area contributed by atoms with Crippen molar-refractivity contribution in [3.05, 3.63) is 40.5 Å². The molecule has 9 nitrogen and oxygen atoms in total. The second kappa shape index (κ2) is 7.16. The molecular formula is C13H15N5O4. The zero-order chi connectivity index (χ0) is 15.9. The number of hydrogen-bond donors (Lipinski definition) is 0. The molecule has 2 aromatic rings. The van der Waals surface area contributed by atoms with Crippen LogP contribution in [0.2, 0.25) is 0 Å². The van der Waals surface area contributed by atoms with Gasteiger partial charge in [0.1, 0.15) is 18.4 Å². The largest absolute Gasteiger partial charge is 0.493 e. The topological polar surface area (TPSA) is 105 Å². The molecule has 22 heavy (non-hydrogen) atoms. The van der Waals surface area contributed by atoms with Crippen molar-refractivity contribution in [3.63, 3.8) is 0 Å². The van der Waals surface area contributed by atoms with Crippen LogP contribution in [0.5, 0.6) is 11.5 Å². The summed E-state index contributed by atoms with van der Waals surface area (Å²) in [6, 6.07) is 2.86. The number of ether oxygens (including phenoxy) is 2. The molecule has 0 bridgehead atoms. The van der Waals surface area contributed by atoms with E-state index in [1.807, 2.05) is 6.92 Å². The second-order valence-corrected chi connectivity index (χ2v) is 4.07. The highest BCUT2D eigenvalue weighted by molar-refractivity contribution is 5.85. The average molecular weight is 305 g/mol. The Labute approximate surface area is 126 Å². The van der Waals surface area contributed by atoms with E-state index in [1.165, 1.54) is 35.7 Å². The van der Waals surface area contributed by atoms with Crippen molar-refractivity contribution in [2.75, 3.05) is 13.2 Å². The second-order valence-electron chi connectivity index (χ2n) is 4.07. The molecule has 1 heterocycles. The van der Waals surface area contributed by atoms with Gasteiger partial charge in [-0.25, -0.2) is 4.68 Å². The molecule has 0 radical (unpaired) electrons. The lowest BCUT2D eigenvalue weighted by Crippen LogP contribution is -2.03. The number of nitro groups is 1. The van der Waals surface area contributed by atoms with Gasteiger partial charge in [0.05, 0.1) is 24.4 Å². The number of hydrogen-bond acceptors (Lipinski definition) is 7. The van der Waals surface area contributed by atoms with E-state index in [1.54, 1.807) is 6.92 Å². The zero-order valence-electron chi connectivity index (χ0n) is 12.2. The van der Waals surface area contributed by atoms with Crippen LogP contribution in [0.1, 0.15) is 19.4 Å². The van der Waals surface area contributed by atoms with Crippen molar-refractivity contribution in [1.29, 1.82) is 0 Å². The van der Waals surface area contributed by atoms with Crippen LogP contribution in [0.3, 0.4) is 0 Å². The molecule has 0 aliphatic rings. The van der Waals surface area contributed by atoms with E-state index < -0.39 is 4.92 Å². The van der Waals surface area contributed by atoms with Crippen molar-refractivity contribution in [2.45, 2.75) is 13.8 Å². The van der Waals surface area contributed by atoms with Crippen molar-refractivity contribution in [3.8, 4) is 11.5 Å². The Balaban J connectivity index is 2.45. The van der Waals surface area contributed by atoms with E-state index in [0.29, 0.717) is 24.5 Å². The van der Waals surface area contributed by atoms with E-state index in [-0.39, 0.29) is 11.4 Å². The fourth-order valence-electron chi connectivity index (χ4n) is 1.74. The highest BCUT2D eigenvalue weighted by Crippen LogP contribution is 2.34. The summed E-state index contributed by atoms with van der Waals surface area (Å²) in [5, 5.41) is 22.5. The number of benzene rings is 1. The summed E-state index contributed by atoms with van der Waals surface area (Å²) in [4.78, 5) is 10.7. The van der Waals surface area contributed by atoms with Crippen LogP contribution >= 0.6 is 0 Å². The van der Waals surface area contributed by atoms with Crippen LogP contribution in [0.15, 0.2) is 29.9 Å². The van der Waals surface area contributed by atoms with E-state index in [4.69, 9.17) is 9.47 Å². The standard InChI is InChI=1S/C13H15N5O4/c1-3-21-12-6-13(22-4-2)11(18(19)20)5-10(12)7-16-17-8-14-15-9-17/h5-9H,3-4H2,1-2H3/b16-7-. The van der Waals surface area contributed by atoms with Gasteiger partial charge >= 0.3 is 5.69 Å². The molecule has 0 N–H and O–H groups in total. The minimum Gasteiger partial charge on any atom is -0.493 e. The minimum absolute atomic E-state index is 0.143. The Hall–Kier alpha value is -2.97. The first-order valence-electron chi connectivity index (χ1n) is 6.62. The van der Waals surface area contributed by atoms with E-state index in [9.17, 15) is 10.1 Å². The highest BCUT2D eigenvalue weighted by Gasteiger charge is 2.19. The maximum absolute atomic E-state index is 11.2. The molecule has 2 rings (SSSR count). The van der Waals surface area contributed by atoms with Crippen LogP contribution in [0.4, 0.5) is 5.69 Å². The maximum atomic E-state index is 11.2. The molecule has 1 aromatic heterocycles. The predicted molar refractivity (Wildman–Crippen MR) is 78.4 cm³/mol. The van der Waals surface area contributed by atoms with Crippen LogP contribution in [0.25, 0.3) is 0 Å². The fourth-order valence-corrected chi connectivity index (χ4v) is 1.74. The molecule has 0 atom stereocenters. The maximum Gasteiger partial charge on any atom is 0.311 e. The van der Waals surface area contributed by atoms with Crippen LogP contribution in [0, 0.1) is 10.1 Å². The number of rotatable bonds is 7. The third-order valence-electron chi connectivity index (χ3n) is 2.62. The van der Waals surface area contributed by atoms with Crippen molar-refractivity contribution in [1.82, 2.24) is 14.9 Å². The van der Waals surface area contributed by atoms with E-state index in [0.717, 1.165) is 0 Å². The summed E-state index contributed by atoms with van der Waals surface area (Å²) in [7, 11) is 0. The molecule has 0 amide bonds. The predicted octanol–water partition coefficient (Wildman–Crippen LogP) is 1.87. The van der Waals surface area contributed by atoms with Gasteiger partial charge in [-0.2, -0.15) is 5.10 Å². The van der Waals surface area contributed by atoms with Crippen LogP contribution in [-0.4, -0.2) is 39.2 Å². The average Bonchev–Trinajstić information content (AvgIpc) is 3.00. The third-order valence-corrected chi connectivity index (χ3v) is 2.62. The molecule has 1 aromatic carbocycles. The van der Waals surface area contributed by atoms with Gasteiger partial charge in [0, 0.05) is 17.7 Å². The van der Waals surface area contributed by atoms with Gasteiger partial charge < -0.3 is 9.47 Å². The lowest BCUT2D eigenvalue weighted by Gasteiger charge is -2.10. The Bertz CT molecular complexity index is 669.